The van der Waals surface area contributed by atoms with Crippen LogP contribution < -0.4 is 0 Å². The fourth-order valence-corrected chi connectivity index (χ4v) is 1.95. The molecule has 0 unspecified atom stereocenters. The second kappa shape index (κ2) is 4.63. The summed E-state index contributed by atoms with van der Waals surface area (Å²) in [4.78, 5) is 13.7. The molecular formula is C12H21NO. The Hall–Kier alpha value is -0.790. The molecule has 0 aromatic rings. The highest BCUT2D eigenvalue weighted by Gasteiger charge is 2.19. The first-order valence-electron chi connectivity index (χ1n) is 5.53. The summed E-state index contributed by atoms with van der Waals surface area (Å²) < 4.78 is 0. The summed E-state index contributed by atoms with van der Waals surface area (Å²) in [7, 11) is 0. The Labute approximate surface area is 87.0 Å². The van der Waals surface area contributed by atoms with E-state index in [4.69, 9.17) is 0 Å². The maximum atomic E-state index is 11.5. The Kier molecular flexibility index (Phi) is 3.73. The van der Waals surface area contributed by atoms with Crippen LogP contribution in [0.15, 0.2) is 11.8 Å². The molecule has 1 saturated carbocycles. The summed E-state index contributed by atoms with van der Waals surface area (Å²) in [6.45, 7) is 8.65. The van der Waals surface area contributed by atoms with Crippen molar-refractivity contribution in [2.75, 3.05) is 0 Å². The highest BCUT2D eigenvalue weighted by Crippen LogP contribution is 2.22. The van der Waals surface area contributed by atoms with Crippen LogP contribution in [-0.2, 0) is 4.79 Å². The summed E-state index contributed by atoms with van der Waals surface area (Å²) in [5.74, 6) is 0.344. The summed E-state index contributed by atoms with van der Waals surface area (Å²) in [5.41, 5.74) is 1.02. The number of hydrogen-bond acceptors (Lipinski definition) is 2. The van der Waals surface area contributed by atoms with Gasteiger partial charge in [0.15, 0.2) is 5.78 Å². The molecule has 0 aliphatic heterocycles. The predicted molar refractivity (Wildman–Crippen MR) is 59.1 cm³/mol. The van der Waals surface area contributed by atoms with E-state index in [2.05, 4.69) is 38.8 Å². The van der Waals surface area contributed by atoms with Gasteiger partial charge in [0.05, 0.1) is 0 Å². The number of carbonyl (C=O) groups is 1. The molecule has 1 fully saturated rings. The smallest absolute Gasteiger partial charge is 0.160 e. The van der Waals surface area contributed by atoms with Crippen molar-refractivity contribution in [3.05, 3.63) is 11.8 Å². The molecule has 0 aromatic carbocycles. The first-order chi connectivity index (χ1) is 6.52. The topological polar surface area (TPSA) is 20.3 Å². The molecule has 0 atom stereocenters. The zero-order chi connectivity index (χ0) is 10.7. The van der Waals surface area contributed by atoms with Gasteiger partial charge in [0.2, 0.25) is 0 Å². The van der Waals surface area contributed by atoms with Gasteiger partial charge in [-0.15, -0.1) is 0 Å². The number of nitrogens with zero attached hydrogens (tertiary/aromatic N) is 1. The number of Topliss-reactive ketones (excluding diaryl/α,β-unsaturated/α-hetero) is 1. The summed E-state index contributed by atoms with van der Waals surface area (Å²) in [6, 6.07) is 0.937. The normalized spacial score (nSPS) is 20.1. The van der Waals surface area contributed by atoms with E-state index in [1.54, 1.807) is 0 Å². The van der Waals surface area contributed by atoms with E-state index in [1.165, 1.54) is 0 Å². The molecule has 14 heavy (non-hydrogen) atoms. The third kappa shape index (κ3) is 2.60. The molecule has 80 valence electrons. The number of carbonyl (C=O) groups excluding carboxylic acids is 1. The molecule has 1 aliphatic carbocycles. The molecule has 0 saturated heterocycles. The fraction of sp³-hybridized carbons (Fsp3) is 0.750. The van der Waals surface area contributed by atoms with Crippen molar-refractivity contribution in [2.24, 2.45) is 0 Å². The van der Waals surface area contributed by atoms with Crippen molar-refractivity contribution in [3.8, 4) is 0 Å². The maximum absolute atomic E-state index is 11.5. The van der Waals surface area contributed by atoms with Crippen LogP contribution in [0, 0.1) is 0 Å². The minimum Gasteiger partial charge on any atom is -0.372 e. The predicted octanol–water partition coefficient (Wildman–Crippen LogP) is 2.74. The summed E-state index contributed by atoms with van der Waals surface area (Å²) in [6.07, 6.45) is 4.82. The SMILES string of the molecule is CC(C)N(C=C1CCCC1=O)C(C)C. The fourth-order valence-electron chi connectivity index (χ4n) is 1.95. The standard InChI is InChI=1S/C12H21NO/c1-9(2)13(10(3)4)8-11-6-5-7-12(11)14/h8-10H,5-7H2,1-4H3. The molecule has 1 rings (SSSR count). The van der Waals surface area contributed by atoms with Gasteiger partial charge in [-0.25, -0.2) is 0 Å². The van der Waals surface area contributed by atoms with Gasteiger partial charge in [-0.1, -0.05) is 0 Å². The minimum absolute atomic E-state index is 0.344. The Morgan fingerprint density at radius 3 is 2.07 bits per heavy atom. The van der Waals surface area contributed by atoms with Gasteiger partial charge < -0.3 is 4.90 Å². The molecular weight excluding hydrogens is 174 g/mol. The molecule has 2 heteroatoms. The second-order valence-corrected chi connectivity index (χ2v) is 4.57. The lowest BCUT2D eigenvalue weighted by molar-refractivity contribution is -0.114. The Bertz CT molecular complexity index is 233. The van der Waals surface area contributed by atoms with Crippen molar-refractivity contribution in [2.45, 2.75) is 59.0 Å². The first-order valence-corrected chi connectivity index (χ1v) is 5.53. The van der Waals surface area contributed by atoms with E-state index in [-0.39, 0.29) is 0 Å². The van der Waals surface area contributed by atoms with Crippen LogP contribution in [0.4, 0.5) is 0 Å². The van der Waals surface area contributed by atoms with Crippen LogP contribution >= 0.6 is 0 Å². The summed E-state index contributed by atoms with van der Waals surface area (Å²) in [5, 5.41) is 0. The number of allylic oxidation sites excluding steroid dienone is 1. The van der Waals surface area contributed by atoms with Gasteiger partial charge in [-0.3, -0.25) is 4.79 Å². The van der Waals surface area contributed by atoms with E-state index in [1.807, 2.05) is 0 Å². The van der Waals surface area contributed by atoms with Gasteiger partial charge in [-0.05, 0) is 40.5 Å². The van der Waals surface area contributed by atoms with E-state index < -0.39 is 0 Å². The molecule has 0 heterocycles. The van der Waals surface area contributed by atoms with Crippen LogP contribution in [0.5, 0.6) is 0 Å². The van der Waals surface area contributed by atoms with Gasteiger partial charge in [0, 0.05) is 30.3 Å². The molecule has 0 N–H and O–H groups in total. The van der Waals surface area contributed by atoms with E-state index in [0.717, 1.165) is 24.8 Å². The zero-order valence-corrected chi connectivity index (χ0v) is 9.71. The van der Waals surface area contributed by atoms with Gasteiger partial charge in [-0.2, -0.15) is 0 Å². The average Bonchev–Trinajstić information content (AvgIpc) is 2.46. The van der Waals surface area contributed by atoms with Crippen molar-refractivity contribution < 1.29 is 4.79 Å². The van der Waals surface area contributed by atoms with Crippen molar-refractivity contribution >= 4 is 5.78 Å². The zero-order valence-electron chi connectivity index (χ0n) is 9.71. The molecule has 0 bridgehead atoms. The van der Waals surface area contributed by atoms with Gasteiger partial charge >= 0.3 is 0 Å². The van der Waals surface area contributed by atoms with E-state index in [0.29, 0.717) is 17.9 Å². The van der Waals surface area contributed by atoms with Crippen LogP contribution in [-0.4, -0.2) is 22.8 Å². The van der Waals surface area contributed by atoms with Gasteiger partial charge in [0.1, 0.15) is 0 Å². The molecule has 0 aromatic heterocycles. The lowest BCUT2D eigenvalue weighted by atomic mass is 10.2. The van der Waals surface area contributed by atoms with Gasteiger partial charge in [0.25, 0.3) is 0 Å². The van der Waals surface area contributed by atoms with Crippen LogP contribution in [0.3, 0.4) is 0 Å². The van der Waals surface area contributed by atoms with E-state index >= 15 is 0 Å². The quantitative estimate of drug-likeness (QED) is 0.645. The molecule has 1 aliphatic rings. The van der Waals surface area contributed by atoms with E-state index in [9.17, 15) is 4.79 Å². The third-order valence-electron chi connectivity index (χ3n) is 2.71. The third-order valence-corrected chi connectivity index (χ3v) is 2.71. The number of rotatable bonds is 3. The largest absolute Gasteiger partial charge is 0.372 e. The highest BCUT2D eigenvalue weighted by molar-refractivity contribution is 5.97. The summed E-state index contributed by atoms with van der Waals surface area (Å²) >= 11 is 0. The lowest BCUT2D eigenvalue weighted by Gasteiger charge is -2.29. The van der Waals surface area contributed by atoms with Crippen LogP contribution in [0.25, 0.3) is 0 Å². The second-order valence-electron chi connectivity index (χ2n) is 4.57. The molecule has 0 radical (unpaired) electrons. The number of ketones is 1. The Morgan fingerprint density at radius 1 is 1.14 bits per heavy atom. The monoisotopic (exact) mass is 195 g/mol. The number of hydrogen-bond donors (Lipinski definition) is 0. The van der Waals surface area contributed by atoms with Crippen LogP contribution in [0.1, 0.15) is 47.0 Å². The van der Waals surface area contributed by atoms with Crippen molar-refractivity contribution in [1.29, 1.82) is 0 Å². The Balaban J connectivity index is 2.75. The molecule has 0 amide bonds. The first kappa shape index (κ1) is 11.3. The lowest BCUT2D eigenvalue weighted by Crippen LogP contribution is -2.32. The van der Waals surface area contributed by atoms with Crippen LogP contribution in [0.2, 0.25) is 0 Å². The molecule has 0 spiro atoms. The average molecular weight is 195 g/mol. The molecule has 2 nitrogen and oxygen atoms in total. The minimum atomic E-state index is 0.344. The van der Waals surface area contributed by atoms with Crippen molar-refractivity contribution in [3.63, 3.8) is 0 Å². The van der Waals surface area contributed by atoms with Crippen molar-refractivity contribution in [1.82, 2.24) is 4.90 Å². The Morgan fingerprint density at radius 2 is 1.71 bits per heavy atom. The highest BCUT2D eigenvalue weighted by atomic mass is 16.1. The maximum Gasteiger partial charge on any atom is 0.160 e.